The Kier molecular flexibility index (Phi) is 3.07. The maximum absolute atomic E-state index is 12.2. The van der Waals surface area contributed by atoms with Gasteiger partial charge in [0.05, 0.1) is 12.7 Å². The smallest absolute Gasteiger partial charge is 0.155 e. The van der Waals surface area contributed by atoms with Gasteiger partial charge in [-0.25, -0.2) is 0 Å². The summed E-state index contributed by atoms with van der Waals surface area (Å²) in [5.41, 5.74) is 1.68. The minimum absolute atomic E-state index is 0.134. The fourth-order valence-electron chi connectivity index (χ4n) is 7.78. The highest BCUT2D eigenvalue weighted by Crippen LogP contribution is 2.69. The fraction of sp³-hybridized carbons (Fsp3) is 0.810. The molecule has 1 heterocycles. The molecule has 4 fully saturated rings. The molecule has 0 unspecified atom stereocenters. The first kappa shape index (κ1) is 15.3. The van der Waals surface area contributed by atoms with Crippen molar-refractivity contribution in [2.75, 3.05) is 6.61 Å². The second kappa shape index (κ2) is 4.81. The lowest BCUT2D eigenvalue weighted by atomic mass is 9.46. The predicted molar refractivity (Wildman–Crippen MR) is 90.3 cm³/mol. The largest absolute Gasteiger partial charge is 0.377 e. The third-order valence-corrected chi connectivity index (χ3v) is 8.65. The monoisotopic (exact) mass is 328 g/mol. The van der Waals surface area contributed by atoms with Crippen LogP contribution in [0.5, 0.6) is 0 Å². The molecule has 3 saturated carbocycles. The summed E-state index contributed by atoms with van der Waals surface area (Å²) >= 11 is 0. The third-order valence-electron chi connectivity index (χ3n) is 8.65. The molecule has 0 bridgehead atoms. The molecule has 3 nitrogen and oxygen atoms in total. The van der Waals surface area contributed by atoms with Crippen molar-refractivity contribution < 1.29 is 14.3 Å². The van der Waals surface area contributed by atoms with Gasteiger partial charge in [0.25, 0.3) is 0 Å². The average Bonchev–Trinajstić information content (AvgIpc) is 3.07. The number of carbonyl (C=O) groups is 2. The Labute approximate surface area is 144 Å². The Bertz CT molecular complexity index is 649. The number of rotatable bonds is 1. The van der Waals surface area contributed by atoms with E-state index in [0.717, 1.165) is 32.3 Å². The molecule has 5 rings (SSSR count). The number of Topliss-reactive ketones (excluding diaryl/α,β-unsaturated/α-hetero) is 1. The minimum Gasteiger partial charge on any atom is -0.377 e. The topological polar surface area (TPSA) is 43.4 Å². The summed E-state index contributed by atoms with van der Waals surface area (Å²) in [6.45, 7) is 4.97. The molecule has 0 aromatic rings. The lowest BCUT2D eigenvalue weighted by molar-refractivity contribution is -0.131. The van der Waals surface area contributed by atoms with E-state index in [9.17, 15) is 9.59 Å². The number of ether oxygens (including phenoxy) is 1. The Morgan fingerprint density at radius 3 is 2.88 bits per heavy atom. The summed E-state index contributed by atoms with van der Waals surface area (Å²) < 4.78 is 6.40. The van der Waals surface area contributed by atoms with Gasteiger partial charge in [0.15, 0.2) is 5.78 Å². The number of hydrogen-bond acceptors (Lipinski definition) is 3. The van der Waals surface area contributed by atoms with Crippen molar-refractivity contribution in [1.82, 2.24) is 0 Å². The van der Waals surface area contributed by atoms with Gasteiger partial charge < -0.3 is 4.74 Å². The van der Waals surface area contributed by atoms with Crippen molar-refractivity contribution in [3.05, 3.63) is 11.6 Å². The summed E-state index contributed by atoms with van der Waals surface area (Å²) in [5.74, 6) is 2.88. The first-order valence-electron chi connectivity index (χ1n) is 9.82. The predicted octanol–water partition coefficient (Wildman–Crippen LogP) is 3.71. The maximum Gasteiger partial charge on any atom is 0.155 e. The molecule has 130 valence electrons. The maximum atomic E-state index is 12.2. The summed E-state index contributed by atoms with van der Waals surface area (Å²) in [6.07, 6.45) is 9.54. The molecule has 0 radical (unpaired) electrons. The quantitative estimate of drug-likeness (QED) is 0.737. The van der Waals surface area contributed by atoms with E-state index in [1.807, 2.05) is 6.08 Å². The molecule has 0 N–H and O–H groups in total. The van der Waals surface area contributed by atoms with Crippen LogP contribution >= 0.6 is 0 Å². The first-order valence-corrected chi connectivity index (χ1v) is 9.82. The summed E-state index contributed by atoms with van der Waals surface area (Å²) in [4.78, 5) is 24.2. The van der Waals surface area contributed by atoms with Crippen LogP contribution in [0, 0.1) is 34.5 Å². The lowest BCUT2D eigenvalue weighted by Crippen LogP contribution is -2.54. The first-order chi connectivity index (χ1) is 11.5. The van der Waals surface area contributed by atoms with Gasteiger partial charge >= 0.3 is 0 Å². The lowest BCUT2D eigenvalue weighted by Gasteiger charge is -2.56. The van der Waals surface area contributed by atoms with Gasteiger partial charge in [0.1, 0.15) is 5.78 Å². The van der Waals surface area contributed by atoms with Gasteiger partial charge in [-0.3, -0.25) is 9.59 Å². The van der Waals surface area contributed by atoms with Crippen LogP contribution in [0.1, 0.15) is 58.8 Å². The molecule has 1 saturated heterocycles. The summed E-state index contributed by atoms with van der Waals surface area (Å²) in [5, 5.41) is 0. The second-order valence-electron chi connectivity index (χ2n) is 9.43. The van der Waals surface area contributed by atoms with E-state index in [-0.39, 0.29) is 16.7 Å². The molecule has 0 amide bonds. The molecule has 0 aromatic heterocycles. The van der Waals surface area contributed by atoms with Gasteiger partial charge in [0.2, 0.25) is 0 Å². The zero-order valence-electron chi connectivity index (χ0n) is 14.8. The molecule has 7 atom stereocenters. The molecule has 0 aromatic carbocycles. The Morgan fingerprint density at radius 1 is 1.25 bits per heavy atom. The summed E-state index contributed by atoms with van der Waals surface area (Å²) in [6, 6.07) is 0. The minimum atomic E-state index is 0.134. The third kappa shape index (κ3) is 1.72. The Hall–Kier alpha value is -0.960. The average molecular weight is 328 g/mol. The van der Waals surface area contributed by atoms with Gasteiger partial charge in [-0.2, -0.15) is 0 Å². The fourth-order valence-corrected chi connectivity index (χ4v) is 7.78. The number of fused-ring (bicyclic) bond motifs is 2. The number of carbonyl (C=O) groups excluding carboxylic acids is 2. The van der Waals surface area contributed by atoms with E-state index in [4.69, 9.17) is 4.74 Å². The zero-order valence-corrected chi connectivity index (χ0v) is 14.8. The molecule has 1 spiro atoms. The molecule has 24 heavy (non-hydrogen) atoms. The van der Waals surface area contributed by atoms with Crippen molar-refractivity contribution in [2.24, 2.45) is 34.5 Å². The van der Waals surface area contributed by atoms with Gasteiger partial charge in [-0.1, -0.05) is 12.5 Å². The van der Waals surface area contributed by atoms with Crippen molar-refractivity contribution in [1.29, 1.82) is 0 Å². The van der Waals surface area contributed by atoms with Crippen LogP contribution in [-0.4, -0.2) is 24.3 Å². The molecular formula is C21H28O3. The van der Waals surface area contributed by atoms with Crippen molar-refractivity contribution in [3.63, 3.8) is 0 Å². The highest BCUT2D eigenvalue weighted by Gasteiger charge is 2.66. The molecule has 5 aliphatic rings. The molecule has 3 heteroatoms. The summed E-state index contributed by atoms with van der Waals surface area (Å²) in [7, 11) is 0. The van der Waals surface area contributed by atoms with Crippen LogP contribution in [0.2, 0.25) is 0 Å². The highest BCUT2D eigenvalue weighted by atomic mass is 16.5. The van der Waals surface area contributed by atoms with E-state index in [0.29, 0.717) is 41.8 Å². The van der Waals surface area contributed by atoms with E-state index in [2.05, 4.69) is 6.92 Å². The number of ketones is 2. The standard InChI is InChI=1S/C21H28O3/c1-12(22)16-5-6-17-15-4-3-13-9-14(23)7-8-21(13)11-24-18(19(15)21)10-20(16,17)2/h9,15-19H,3-8,10-11H2,1-2H3/t15-,16+,17-,18-,19+,20+,21+/m0/s1. The van der Waals surface area contributed by atoms with Gasteiger partial charge in [-0.15, -0.1) is 0 Å². The van der Waals surface area contributed by atoms with Crippen LogP contribution in [0.4, 0.5) is 0 Å². The molecule has 1 aliphatic heterocycles. The van der Waals surface area contributed by atoms with E-state index in [1.165, 1.54) is 18.4 Å². The van der Waals surface area contributed by atoms with E-state index in [1.54, 1.807) is 6.92 Å². The van der Waals surface area contributed by atoms with Crippen LogP contribution in [0.25, 0.3) is 0 Å². The van der Waals surface area contributed by atoms with Crippen LogP contribution in [-0.2, 0) is 14.3 Å². The molecule has 4 aliphatic carbocycles. The van der Waals surface area contributed by atoms with Gasteiger partial charge in [-0.05, 0) is 74.7 Å². The Morgan fingerprint density at radius 2 is 2.08 bits per heavy atom. The van der Waals surface area contributed by atoms with Crippen molar-refractivity contribution >= 4 is 11.6 Å². The van der Waals surface area contributed by atoms with Crippen LogP contribution in [0.3, 0.4) is 0 Å². The molecular weight excluding hydrogens is 300 g/mol. The van der Waals surface area contributed by atoms with Crippen molar-refractivity contribution in [3.8, 4) is 0 Å². The highest BCUT2D eigenvalue weighted by molar-refractivity contribution is 5.91. The Balaban J connectivity index is 1.56. The SMILES string of the molecule is CC(=O)[C@H]1CC[C@H]2[C@@H]3CCC4=CC(=O)CC[C@@]45CO[C@@H](C[C@]12C)[C@@H]35. The second-order valence-corrected chi connectivity index (χ2v) is 9.43. The van der Waals surface area contributed by atoms with Crippen LogP contribution < -0.4 is 0 Å². The number of hydrogen-bond donors (Lipinski definition) is 0. The van der Waals surface area contributed by atoms with Gasteiger partial charge in [0, 0.05) is 17.8 Å². The van der Waals surface area contributed by atoms with Crippen molar-refractivity contribution in [2.45, 2.75) is 64.9 Å². The normalized spacial score (nSPS) is 52.3. The van der Waals surface area contributed by atoms with E-state index < -0.39 is 0 Å². The van der Waals surface area contributed by atoms with Crippen LogP contribution in [0.15, 0.2) is 11.6 Å². The zero-order chi connectivity index (χ0) is 16.7. The van der Waals surface area contributed by atoms with E-state index >= 15 is 0 Å².